The van der Waals surface area contributed by atoms with Gasteiger partial charge in [0, 0.05) is 5.92 Å². The Bertz CT molecular complexity index is 599. The number of rotatable bonds is 4. The topological polar surface area (TPSA) is 46.5 Å². The fraction of sp³-hybridized carbons (Fsp3) is 0.667. The zero-order valence-electron chi connectivity index (χ0n) is 15.3. The van der Waals surface area contributed by atoms with E-state index in [1.807, 2.05) is 0 Å². The van der Waals surface area contributed by atoms with Gasteiger partial charge in [-0.3, -0.25) is 4.79 Å². The number of carbonyl (C=O) groups is 1. The fourth-order valence-electron chi connectivity index (χ4n) is 4.79. The molecule has 0 aromatic heterocycles. The first-order chi connectivity index (χ1) is 11.4. The normalized spacial score (nSPS) is 33.4. The van der Waals surface area contributed by atoms with Crippen LogP contribution < -0.4 is 0 Å². The summed E-state index contributed by atoms with van der Waals surface area (Å²) in [5.74, 6) is -0.217. The van der Waals surface area contributed by atoms with Crippen LogP contribution in [0.15, 0.2) is 12.1 Å². The molecule has 1 N–H and O–H groups in total. The number of hydrogen-bond donors (Lipinski definition) is 1. The molecule has 3 rings (SSSR count). The average molecular weight is 330 g/mol. The van der Waals surface area contributed by atoms with Gasteiger partial charge in [-0.15, -0.1) is 0 Å². The number of ketones is 1. The van der Waals surface area contributed by atoms with Crippen LogP contribution in [-0.2, 0) is 9.53 Å². The van der Waals surface area contributed by atoms with Crippen molar-refractivity contribution in [3.05, 3.63) is 34.4 Å². The third kappa shape index (κ3) is 3.29. The Labute approximate surface area is 145 Å². The molecule has 1 aromatic carbocycles. The number of benzene rings is 1. The predicted octanol–water partition coefficient (Wildman–Crippen LogP) is 3.99. The van der Waals surface area contributed by atoms with Crippen LogP contribution in [0.5, 0.6) is 0 Å². The molecular formula is C21H30O3. The summed E-state index contributed by atoms with van der Waals surface area (Å²) in [4.78, 5) is 13.0. The van der Waals surface area contributed by atoms with Gasteiger partial charge in [0.05, 0.1) is 24.2 Å². The van der Waals surface area contributed by atoms with Gasteiger partial charge in [-0.05, 0) is 69.6 Å². The van der Waals surface area contributed by atoms with Crippen LogP contribution in [0.1, 0.15) is 67.2 Å². The van der Waals surface area contributed by atoms with Crippen molar-refractivity contribution >= 4 is 5.78 Å². The molecule has 3 nitrogen and oxygen atoms in total. The molecule has 1 aliphatic heterocycles. The highest BCUT2D eigenvalue weighted by Crippen LogP contribution is 2.41. The Morgan fingerprint density at radius 1 is 1.12 bits per heavy atom. The largest absolute Gasteiger partial charge is 0.392 e. The van der Waals surface area contributed by atoms with Crippen molar-refractivity contribution in [3.8, 4) is 0 Å². The lowest BCUT2D eigenvalue weighted by Gasteiger charge is -2.20. The Hall–Kier alpha value is -1.19. The van der Waals surface area contributed by atoms with Crippen molar-refractivity contribution in [2.24, 2.45) is 5.92 Å². The maximum Gasteiger partial charge on any atom is 0.146 e. The van der Waals surface area contributed by atoms with Crippen LogP contribution in [0.25, 0.3) is 0 Å². The number of aliphatic hydroxyl groups is 1. The van der Waals surface area contributed by atoms with E-state index in [1.165, 1.54) is 5.56 Å². The van der Waals surface area contributed by atoms with E-state index in [2.05, 4.69) is 39.8 Å². The molecule has 2 fully saturated rings. The molecule has 1 aromatic rings. The minimum absolute atomic E-state index is 0.0642. The summed E-state index contributed by atoms with van der Waals surface area (Å²) in [5.41, 5.74) is 4.48. The molecule has 2 aliphatic rings. The van der Waals surface area contributed by atoms with Gasteiger partial charge in [0.15, 0.2) is 0 Å². The summed E-state index contributed by atoms with van der Waals surface area (Å²) in [6.07, 6.45) is 4.52. The molecule has 1 heterocycles. The van der Waals surface area contributed by atoms with Crippen LogP contribution in [0.3, 0.4) is 0 Å². The van der Waals surface area contributed by atoms with Gasteiger partial charge in [0.25, 0.3) is 0 Å². The van der Waals surface area contributed by atoms with Gasteiger partial charge in [-0.1, -0.05) is 24.6 Å². The molecule has 0 amide bonds. The van der Waals surface area contributed by atoms with Crippen LogP contribution in [0.4, 0.5) is 0 Å². The van der Waals surface area contributed by atoms with Gasteiger partial charge in [-0.25, -0.2) is 0 Å². The maximum absolute atomic E-state index is 13.0. The molecule has 1 aliphatic carbocycles. The summed E-state index contributed by atoms with van der Waals surface area (Å²) >= 11 is 0. The lowest BCUT2D eigenvalue weighted by atomic mass is 9.85. The highest BCUT2D eigenvalue weighted by atomic mass is 16.5. The van der Waals surface area contributed by atoms with Crippen molar-refractivity contribution < 1.29 is 14.6 Å². The Kier molecular flexibility index (Phi) is 5.12. The number of Topliss-reactive ketones (excluding diaryl/α,β-unsaturated/α-hetero) is 1. The van der Waals surface area contributed by atoms with Crippen LogP contribution in [0, 0.1) is 26.7 Å². The maximum atomic E-state index is 13.0. The van der Waals surface area contributed by atoms with Gasteiger partial charge in [-0.2, -0.15) is 0 Å². The summed E-state index contributed by atoms with van der Waals surface area (Å²) < 4.78 is 6.03. The van der Waals surface area contributed by atoms with Crippen molar-refractivity contribution in [2.45, 2.75) is 84.0 Å². The second kappa shape index (κ2) is 6.97. The molecule has 0 bridgehead atoms. The summed E-state index contributed by atoms with van der Waals surface area (Å²) in [5, 5.41) is 10.6. The minimum Gasteiger partial charge on any atom is -0.392 e. The van der Waals surface area contributed by atoms with Crippen LogP contribution >= 0.6 is 0 Å². The monoisotopic (exact) mass is 330 g/mol. The first-order valence-corrected chi connectivity index (χ1v) is 9.35. The van der Waals surface area contributed by atoms with E-state index < -0.39 is 6.10 Å². The van der Waals surface area contributed by atoms with Gasteiger partial charge < -0.3 is 9.84 Å². The molecule has 132 valence electrons. The highest BCUT2D eigenvalue weighted by Gasteiger charge is 2.44. The van der Waals surface area contributed by atoms with E-state index in [-0.39, 0.29) is 23.7 Å². The number of aliphatic hydroxyl groups excluding tert-OH is 1. The van der Waals surface area contributed by atoms with Crippen molar-refractivity contribution in [1.82, 2.24) is 0 Å². The molecule has 0 spiro atoms. The minimum atomic E-state index is -0.564. The molecule has 1 saturated carbocycles. The number of aryl methyl sites for hydroxylation is 3. The van der Waals surface area contributed by atoms with E-state index in [0.717, 1.165) is 42.4 Å². The van der Waals surface area contributed by atoms with E-state index >= 15 is 0 Å². The molecule has 5 atom stereocenters. The summed E-state index contributed by atoms with van der Waals surface area (Å²) in [6.45, 7) is 8.32. The van der Waals surface area contributed by atoms with E-state index in [4.69, 9.17) is 4.74 Å². The standard InChI is InChI=1S/C21H30O3/c1-5-16-6-7-17(24-16)10-15-11-18(22)20(21(15)23)19-13(3)8-12(2)9-14(19)4/h8-9,15-18,20,22H,5-7,10-11H2,1-4H3. The molecule has 5 unspecified atom stereocenters. The van der Waals surface area contributed by atoms with Crippen molar-refractivity contribution in [1.29, 1.82) is 0 Å². The van der Waals surface area contributed by atoms with E-state index in [9.17, 15) is 9.90 Å². The summed E-state index contributed by atoms with van der Waals surface area (Å²) in [7, 11) is 0. The van der Waals surface area contributed by atoms with Crippen molar-refractivity contribution in [2.75, 3.05) is 0 Å². The Balaban J connectivity index is 1.76. The average Bonchev–Trinajstić information content (AvgIpc) is 3.06. The lowest BCUT2D eigenvalue weighted by Crippen LogP contribution is -2.22. The molecular weight excluding hydrogens is 300 g/mol. The smallest absolute Gasteiger partial charge is 0.146 e. The zero-order valence-corrected chi connectivity index (χ0v) is 15.3. The first-order valence-electron chi connectivity index (χ1n) is 9.35. The highest BCUT2D eigenvalue weighted by molar-refractivity contribution is 5.91. The quantitative estimate of drug-likeness (QED) is 0.908. The molecule has 24 heavy (non-hydrogen) atoms. The third-order valence-electron chi connectivity index (χ3n) is 5.87. The van der Waals surface area contributed by atoms with Gasteiger partial charge in [0.2, 0.25) is 0 Å². The van der Waals surface area contributed by atoms with Crippen LogP contribution in [0.2, 0.25) is 0 Å². The predicted molar refractivity (Wildman–Crippen MR) is 95.3 cm³/mol. The Morgan fingerprint density at radius 3 is 2.33 bits per heavy atom. The van der Waals surface area contributed by atoms with E-state index in [0.29, 0.717) is 12.5 Å². The van der Waals surface area contributed by atoms with Crippen LogP contribution in [-0.4, -0.2) is 29.2 Å². The number of ether oxygens (including phenoxy) is 1. The SMILES string of the molecule is CCC1CCC(CC2CC(O)C(c3c(C)cc(C)cc3C)C2=O)O1. The summed E-state index contributed by atoms with van der Waals surface area (Å²) in [6, 6.07) is 4.23. The number of hydrogen-bond acceptors (Lipinski definition) is 3. The van der Waals surface area contributed by atoms with E-state index in [1.54, 1.807) is 0 Å². The van der Waals surface area contributed by atoms with Gasteiger partial charge in [0.1, 0.15) is 5.78 Å². The Morgan fingerprint density at radius 2 is 1.75 bits per heavy atom. The number of carbonyl (C=O) groups excluding carboxylic acids is 1. The molecule has 3 heteroatoms. The van der Waals surface area contributed by atoms with Gasteiger partial charge >= 0.3 is 0 Å². The lowest BCUT2D eigenvalue weighted by molar-refractivity contribution is -0.123. The molecule has 0 radical (unpaired) electrons. The second-order valence-electron chi connectivity index (χ2n) is 7.79. The zero-order chi connectivity index (χ0) is 17.4. The van der Waals surface area contributed by atoms with Crippen molar-refractivity contribution in [3.63, 3.8) is 0 Å². The fourth-order valence-corrected chi connectivity index (χ4v) is 4.79. The molecule has 1 saturated heterocycles. The third-order valence-corrected chi connectivity index (χ3v) is 5.87. The second-order valence-corrected chi connectivity index (χ2v) is 7.79. The first kappa shape index (κ1) is 17.6.